The molecule has 0 unspecified atom stereocenters. The van der Waals surface area contributed by atoms with Gasteiger partial charge in [0.15, 0.2) is 0 Å². The molecular weight excluding hydrogens is 432 g/mol. The standard InChI is InChI=1S/C22H21ClN6O3/c1-12(2)29-17-13(10-24)14(23)6-7-15(17)28-11-25-16(18(28)20(29)30)19-26-21(32-27-19)22(31-3)8-4-5-9-22/h6-7,11-12H,4-5,8-9H2,1-3H3. The highest BCUT2D eigenvalue weighted by molar-refractivity contribution is 6.32. The number of nitrogens with zero attached hydrogens (tertiary/aromatic N) is 6. The Kier molecular flexibility index (Phi) is 4.80. The van der Waals surface area contributed by atoms with Crippen LogP contribution in [0.3, 0.4) is 0 Å². The van der Waals surface area contributed by atoms with Crippen molar-refractivity contribution in [3.8, 4) is 17.6 Å². The van der Waals surface area contributed by atoms with Crippen LogP contribution >= 0.6 is 11.6 Å². The molecule has 32 heavy (non-hydrogen) atoms. The van der Waals surface area contributed by atoms with E-state index in [0.717, 1.165) is 25.7 Å². The van der Waals surface area contributed by atoms with Gasteiger partial charge in [0, 0.05) is 13.2 Å². The van der Waals surface area contributed by atoms with Gasteiger partial charge in [0.25, 0.3) is 11.4 Å². The Labute approximate surface area is 188 Å². The van der Waals surface area contributed by atoms with Gasteiger partial charge < -0.3 is 13.8 Å². The topological polar surface area (TPSA) is 111 Å². The number of hydrogen-bond donors (Lipinski definition) is 0. The third-order valence-electron chi connectivity index (χ3n) is 6.25. The highest BCUT2D eigenvalue weighted by Gasteiger charge is 2.41. The molecule has 9 nitrogen and oxygen atoms in total. The highest BCUT2D eigenvalue weighted by Crippen LogP contribution is 2.41. The van der Waals surface area contributed by atoms with Crippen molar-refractivity contribution in [2.45, 2.75) is 51.2 Å². The van der Waals surface area contributed by atoms with Crippen LogP contribution in [0.2, 0.25) is 5.02 Å². The zero-order valence-electron chi connectivity index (χ0n) is 17.9. The molecule has 0 bridgehead atoms. The van der Waals surface area contributed by atoms with Gasteiger partial charge in [-0.2, -0.15) is 10.2 Å². The summed E-state index contributed by atoms with van der Waals surface area (Å²) in [4.78, 5) is 22.7. The number of nitriles is 1. The van der Waals surface area contributed by atoms with Gasteiger partial charge in [-0.05, 0) is 51.7 Å². The Morgan fingerprint density at radius 3 is 2.69 bits per heavy atom. The number of imidazole rings is 1. The Morgan fingerprint density at radius 2 is 2.03 bits per heavy atom. The van der Waals surface area contributed by atoms with Crippen LogP contribution in [-0.4, -0.2) is 31.2 Å². The molecule has 0 atom stereocenters. The fourth-order valence-electron chi connectivity index (χ4n) is 4.66. The second-order valence-electron chi connectivity index (χ2n) is 8.31. The van der Waals surface area contributed by atoms with E-state index >= 15 is 0 Å². The Morgan fingerprint density at radius 1 is 1.28 bits per heavy atom. The molecule has 10 heteroatoms. The maximum Gasteiger partial charge on any atom is 0.278 e. The predicted molar refractivity (Wildman–Crippen MR) is 118 cm³/mol. The van der Waals surface area contributed by atoms with Crippen LogP contribution in [0.4, 0.5) is 0 Å². The largest absolute Gasteiger partial charge is 0.368 e. The average molecular weight is 453 g/mol. The fourth-order valence-corrected chi connectivity index (χ4v) is 4.86. The molecule has 1 aliphatic carbocycles. The molecule has 1 aromatic carbocycles. The molecule has 0 amide bonds. The summed E-state index contributed by atoms with van der Waals surface area (Å²) in [7, 11) is 1.65. The lowest BCUT2D eigenvalue weighted by atomic mass is 10.0. The van der Waals surface area contributed by atoms with Crippen LogP contribution in [0, 0.1) is 11.3 Å². The number of fused-ring (bicyclic) bond motifs is 3. The molecule has 3 aromatic heterocycles. The van der Waals surface area contributed by atoms with Crippen molar-refractivity contribution in [3.05, 3.63) is 45.3 Å². The van der Waals surface area contributed by atoms with E-state index in [0.29, 0.717) is 28.1 Å². The molecule has 0 spiro atoms. The van der Waals surface area contributed by atoms with Crippen molar-refractivity contribution >= 4 is 28.2 Å². The quantitative estimate of drug-likeness (QED) is 0.455. The van der Waals surface area contributed by atoms with Gasteiger partial charge in [-0.15, -0.1) is 0 Å². The van der Waals surface area contributed by atoms with E-state index < -0.39 is 5.60 Å². The third-order valence-corrected chi connectivity index (χ3v) is 6.57. The molecule has 5 rings (SSSR count). The molecule has 3 heterocycles. The first-order chi connectivity index (χ1) is 15.4. The van der Waals surface area contributed by atoms with Gasteiger partial charge in [-0.3, -0.25) is 9.20 Å². The normalized spacial score (nSPS) is 15.8. The van der Waals surface area contributed by atoms with Crippen LogP contribution in [0.5, 0.6) is 0 Å². The van der Waals surface area contributed by atoms with Crippen molar-refractivity contribution in [2.24, 2.45) is 0 Å². The lowest BCUT2D eigenvalue weighted by molar-refractivity contribution is -0.0342. The maximum absolute atomic E-state index is 13.6. The molecule has 0 saturated heterocycles. The summed E-state index contributed by atoms with van der Waals surface area (Å²) < 4.78 is 14.5. The first-order valence-electron chi connectivity index (χ1n) is 10.5. The fraction of sp³-hybridized carbons (Fsp3) is 0.409. The van der Waals surface area contributed by atoms with Gasteiger partial charge in [-0.1, -0.05) is 16.8 Å². The van der Waals surface area contributed by atoms with Crippen molar-refractivity contribution in [1.29, 1.82) is 5.26 Å². The monoisotopic (exact) mass is 452 g/mol. The van der Waals surface area contributed by atoms with Gasteiger partial charge >= 0.3 is 0 Å². The van der Waals surface area contributed by atoms with Crippen LogP contribution in [-0.2, 0) is 10.3 Å². The molecule has 0 N–H and O–H groups in total. The van der Waals surface area contributed by atoms with Crippen LogP contribution < -0.4 is 5.56 Å². The number of halogens is 1. The first kappa shape index (κ1) is 20.7. The minimum absolute atomic E-state index is 0.223. The smallest absolute Gasteiger partial charge is 0.278 e. The van der Waals surface area contributed by atoms with Crippen molar-refractivity contribution in [2.75, 3.05) is 7.11 Å². The summed E-state index contributed by atoms with van der Waals surface area (Å²) in [6, 6.07) is 5.32. The minimum Gasteiger partial charge on any atom is -0.368 e. The summed E-state index contributed by atoms with van der Waals surface area (Å²) in [5.74, 6) is 0.629. The van der Waals surface area contributed by atoms with Crippen molar-refractivity contribution in [1.82, 2.24) is 24.1 Å². The molecule has 0 aliphatic heterocycles. The van der Waals surface area contributed by atoms with Gasteiger partial charge in [0.1, 0.15) is 29.2 Å². The predicted octanol–water partition coefficient (Wildman–Crippen LogP) is 4.22. The number of benzene rings is 1. The number of rotatable bonds is 4. The van der Waals surface area contributed by atoms with E-state index in [1.54, 1.807) is 28.2 Å². The summed E-state index contributed by atoms with van der Waals surface area (Å²) >= 11 is 6.27. The summed E-state index contributed by atoms with van der Waals surface area (Å²) in [5.41, 5.74) is 1.08. The zero-order valence-corrected chi connectivity index (χ0v) is 18.7. The molecule has 1 aliphatic rings. The number of methoxy groups -OCH3 is 1. The molecule has 4 aromatic rings. The van der Waals surface area contributed by atoms with Crippen LogP contribution in [0.25, 0.3) is 28.1 Å². The van der Waals surface area contributed by atoms with Crippen LogP contribution in [0.15, 0.2) is 27.8 Å². The van der Waals surface area contributed by atoms with E-state index in [1.165, 1.54) is 6.33 Å². The lowest BCUT2D eigenvalue weighted by Crippen LogP contribution is -2.25. The molecule has 164 valence electrons. The number of hydrogen-bond acceptors (Lipinski definition) is 7. The maximum atomic E-state index is 13.6. The van der Waals surface area contributed by atoms with E-state index in [-0.39, 0.29) is 28.0 Å². The Bertz CT molecular complexity index is 1450. The zero-order chi connectivity index (χ0) is 22.6. The second kappa shape index (κ2) is 7.43. The van der Waals surface area contributed by atoms with E-state index in [4.69, 9.17) is 20.9 Å². The number of ether oxygens (including phenoxy) is 1. The highest BCUT2D eigenvalue weighted by atomic mass is 35.5. The van der Waals surface area contributed by atoms with Gasteiger partial charge in [0.05, 0.1) is 21.6 Å². The summed E-state index contributed by atoms with van der Waals surface area (Å²) in [6.07, 6.45) is 5.18. The Balaban J connectivity index is 1.80. The molecule has 1 saturated carbocycles. The van der Waals surface area contributed by atoms with Gasteiger partial charge in [-0.25, -0.2) is 4.98 Å². The second-order valence-corrected chi connectivity index (χ2v) is 8.72. The first-order valence-corrected chi connectivity index (χ1v) is 10.8. The third kappa shape index (κ3) is 2.80. The summed E-state index contributed by atoms with van der Waals surface area (Å²) in [6.45, 7) is 3.76. The SMILES string of the molecule is COC1(c2nc(-c3ncn4c3c(=O)n(C(C)C)c3c(C#N)c(Cl)ccc34)no2)CCCC1. The number of aromatic nitrogens is 5. The average Bonchev–Trinajstić information content (AvgIpc) is 3.52. The summed E-state index contributed by atoms with van der Waals surface area (Å²) in [5, 5.41) is 14.1. The van der Waals surface area contributed by atoms with E-state index in [1.807, 2.05) is 13.8 Å². The Hall–Kier alpha value is -3.22. The van der Waals surface area contributed by atoms with Crippen molar-refractivity contribution in [3.63, 3.8) is 0 Å². The van der Waals surface area contributed by atoms with Crippen molar-refractivity contribution < 1.29 is 9.26 Å². The minimum atomic E-state index is -0.593. The molecule has 0 radical (unpaired) electrons. The van der Waals surface area contributed by atoms with Gasteiger partial charge in [0.2, 0.25) is 5.82 Å². The van der Waals surface area contributed by atoms with Crippen LogP contribution in [0.1, 0.15) is 57.0 Å². The molecule has 1 fully saturated rings. The van der Waals surface area contributed by atoms with E-state index in [2.05, 4.69) is 21.2 Å². The lowest BCUT2D eigenvalue weighted by Gasteiger charge is -2.22. The van der Waals surface area contributed by atoms with E-state index in [9.17, 15) is 10.1 Å². The molecular formula is C22H21ClN6O3.